The Kier molecular flexibility index (Phi) is 19.0. The number of halogens is 6. The topological polar surface area (TPSA) is 220 Å². The summed E-state index contributed by atoms with van der Waals surface area (Å²) in [6.07, 6.45) is 9.77. The van der Waals surface area contributed by atoms with Crippen molar-refractivity contribution in [1.82, 2.24) is 48.8 Å². The van der Waals surface area contributed by atoms with Crippen molar-refractivity contribution in [3.05, 3.63) is 150 Å². The Labute approximate surface area is 523 Å². The van der Waals surface area contributed by atoms with E-state index in [9.17, 15) is 19.2 Å². The first-order valence-corrected chi connectivity index (χ1v) is 31.1. The molecule has 0 unspecified atom stereocenters. The van der Waals surface area contributed by atoms with Gasteiger partial charge < -0.3 is 31.1 Å². The van der Waals surface area contributed by atoms with Crippen molar-refractivity contribution in [2.75, 3.05) is 73.0 Å². The van der Waals surface area contributed by atoms with Crippen molar-refractivity contribution >= 4 is 127 Å². The molecule has 8 aromatic rings. The van der Waals surface area contributed by atoms with Gasteiger partial charge in [0.05, 0.1) is 76.1 Å². The average molecular weight is 1290 g/mol. The lowest BCUT2D eigenvalue weighted by Crippen LogP contribution is -2.54. The van der Waals surface area contributed by atoms with Crippen LogP contribution in [0.15, 0.2) is 106 Å². The first kappa shape index (κ1) is 63.2. The summed E-state index contributed by atoms with van der Waals surface area (Å²) in [6.45, 7) is 21.4. The van der Waals surface area contributed by atoms with E-state index in [1.807, 2.05) is 76.0 Å². The summed E-state index contributed by atoms with van der Waals surface area (Å²) in [5, 5.41) is 0.847. The number of rotatable bonds is 12. The number of piperazine rings is 2. The molecule has 2 amide bonds. The molecule has 0 saturated carbocycles. The monoisotopic (exact) mass is 1280 g/mol. The van der Waals surface area contributed by atoms with Gasteiger partial charge in [0.15, 0.2) is 22.9 Å². The van der Waals surface area contributed by atoms with Crippen LogP contribution in [0.2, 0.25) is 20.1 Å². The number of anilines is 4. The number of fused-ring (bicyclic) bond motifs is 2. The molecule has 0 radical (unpaired) electrons. The number of nitrogens with two attached hydrogens (primary N) is 2. The summed E-state index contributed by atoms with van der Waals surface area (Å²) in [5.74, 6) is -1.27. The molecule has 26 heteroatoms. The van der Waals surface area contributed by atoms with Crippen molar-refractivity contribution in [1.29, 1.82) is 0 Å². The van der Waals surface area contributed by atoms with Gasteiger partial charge in [-0.05, 0) is 98.9 Å². The van der Waals surface area contributed by atoms with Crippen LogP contribution in [0.5, 0.6) is 0 Å². The van der Waals surface area contributed by atoms with Crippen LogP contribution in [-0.4, -0.2) is 125 Å². The third-order valence-electron chi connectivity index (χ3n) is 14.9. The van der Waals surface area contributed by atoms with E-state index in [1.54, 1.807) is 34.3 Å². The van der Waals surface area contributed by atoms with E-state index in [1.165, 1.54) is 69.1 Å². The molecule has 448 valence electrons. The quantitative estimate of drug-likeness (QED) is 0.0660. The standard InChI is InChI=1S/2C30H30Cl2FN7O2S/c2*1-6-22(41)38-11-12-39(16(4)14-38)28-17-13-19(32)26(23-20(34)8-7-18(31)24(23)33)36-29(17)40(30(42)37-28)27-21(43-5)9-10-35-25(27)15(2)3/h2*6-10,13,15-16H,1,11-12,14,34H2,2-5H3/t2*16-/m00/s1. The Bertz CT molecular complexity index is 3930. The van der Waals surface area contributed by atoms with Crippen LogP contribution in [0.4, 0.5) is 31.8 Å². The molecule has 2 aromatic carbocycles. The lowest BCUT2D eigenvalue weighted by atomic mass is 10.1. The zero-order valence-electron chi connectivity index (χ0n) is 48.1. The molecule has 10 rings (SSSR count). The van der Waals surface area contributed by atoms with E-state index in [2.05, 4.69) is 33.1 Å². The zero-order chi connectivity index (χ0) is 62.3. The predicted molar refractivity (Wildman–Crippen MR) is 344 cm³/mol. The van der Waals surface area contributed by atoms with Gasteiger partial charge in [-0.25, -0.2) is 37.5 Å². The number of pyridine rings is 4. The number of amides is 2. The maximum atomic E-state index is 15.4. The minimum atomic E-state index is -0.774. The third-order valence-corrected chi connectivity index (χ3v) is 17.6. The van der Waals surface area contributed by atoms with E-state index in [-0.39, 0.29) is 101 Å². The van der Waals surface area contributed by atoms with Crippen LogP contribution in [0.3, 0.4) is 0 Å². The molecule has 2 atom stereocenters. The fraction of sp³-hybridized carbons (Fsp3) is 0.300. The normalized spacial score (nSPS) is 15.4. The number of nitrogens with zero attached hydrogens (tertiary/aromatic N) is 12. The molecule has 8 heterocycles. The maximum Gasteiger partial charge on any atom is 0.355 e. The lowest BCUT2D eigenvalue weighted by Gasteiger charge is -2.40. The van der Waals surface area contributed by atoms with E-state index >= 15 is 8.78 Å². The Morgan fingerprint density at radius 1 is 0.605 bits per heavy atom. The number of carbonyl (C=O) groups excluding carboxylic acids is 2. The van der Waals surface area contributed by atoms with Gasteiger partial charge in [-0.3, -0.25) is 19.6 Å². The van der Waals surface area contributed by atoms with Crippen molar-refractivity contribution in [3.63, 3.8) is 0 Å². The van der Waals surface area contributed by atoms with Crippen LogP contribution in [0.25, 0.3) is 56.0 Å². The fourth-order valence-corrected chi connectivity index (χ4v) is 12.7. The summed E-state index contributed by atoms with van der Waals surface area (Å²) in [6, 6.07) is 12.1. The summed E-state index contributed by atoms with van der Waals surface area (Å²) in [7, 11) is 0. The van der Waals surface area contributed by atoms with Gasteiger partial charge in [-0.15, -0.1) is 23.5 Å². The molecule has 2 aliphatic rings. The van der Waals surface area contributed by atoms with Crippen molar-refractivity contribution in [2.24, 2.45) is 0 Å². The second-order valence-electron chi connectivity index (χ2n) is 21.0. The number of nitrogen functional groups attached to an aromatic ring is 2. The van der Waals surface area contributed by atoms with Crippen LogP contribution in [-0.2, 0) is 9.59 Å². The Hall–Kier alpha value is -7.34. The second-order valence-corrected chi connectivity index (χ2v) is 24.3. The number of carbonyl (C=O) groups is 2. The van der Waals surface area contributed by atoms with Crippen LogP contribution < -0.4 is 32.6 Å². The van der Waals surface area contributed by atoms with E-state index in [0.717, 1.165) is 9.79 Å². The highest BCUT2D eigenvalue weighted by molar-refractivity contribution is 7.99. The van der Waals surface area contributed by atoms with E-state index in [4.69, 9.17) is 67.8 Å². The van der Waals surface area contributed by atoms with E-state index in [0.29, 0.717) is 84.4 Å². The Balaban J connectivity index is 0.000000205. The average Bonchev–Trinajstić information content (AvgIpc) is 0.951. The SMILES string of the molecule is C=CC(=O)N1CCN(c2nc(=O)n(-c3c(SC)ccnc3C(C)C)c3nc(-c4c(N)ccc(Cl)c4F)c(Cl)cc23)[C@@H](C)C1.C=CC(=O)N1CCN(c2nc(=O)n(-c3c(SC)ccnc3C(C)C)c3nc(-c4c(N)ccc(Cl)c4F)c(Cl)cc23)[C@@H](C)C1. The zero-order valence-corrected chi connectivity index (χ0v) is 52.8. The molecule has 86 heavy (non-hydrogen) atoms. The molecule has 2 saturated heterocycles. The second kappa shape index (κ2) is 25.9. The molecule has 4 N–H and O–H groups in total. The van der Waals surface area contributed by atoms with Gasteiger partial charge in [0.1, 0.15) is 11.6 Å². The van der Waals surface area contributed by atoms with Gasteiger partial charge in [-0.2, -0.15) is 9.97 Å². The number of hydrogen-bond donors (Lipinski definition) is 2. The smallest absolute Gasteiger partial charge is 0.355 e. The predicted octanol–water partition coefficient (Wildman–Crippen LogP) is 11.9. The van der Waals surface area contributed by atoms with Gasteiger partial charge in [-0.1, -0.05) is 87.3 Å². The summed E-state index contributed by atoms with van der Waals surface area (Å²) >= 11 is 28.8. The summed E-state index contributed by atoms with van der Waals surface area (Å²) in [5.41, 5.74) is 14.1. The van der Waals surface area contributed by atoms with E-state index < -0.39 is 23.0 Å². The van der Waals surface area contributed by atoms with Crippen molar-refractivity contribution in [2.45, 2.75) is 75.3 Å². The number of hydrogen-bond acceptors (Lipinski definition) is 16. The minimum absolute atomic E-state index is 0.0344. The molecule has 0 aliphatic carbocycles. The van der Waals surface area contributed by atoms with Crippen molar-refractivity contribution in [3.8, 4) is 33.9 Å². The first-order valence-electron chi connectivity index (χ1n) is 27.1. The Morgan fingerprint density at radius 2 is 0.977 bits per heavy atom. The maximum absolute atomic E-state index is 15.4. The highest BCUT2D eigenvalue weighted by atomic mass is 35.5. The first-order chi connectivity index (χ1) is 41.0. The van der Waals surface area contributed by atoms with Gasteiger partial charge in [0.2, 0.25) is 11.8 Å². The third kappa shape index (κ3) is 11.8. The number of thioether (sulfide) groups is 2. The minimum Gasteiger partial charge on any atom is -0.398 e. The summed E-state index contributed by atoms with van der Waals surface area (Å²) in [4.78, 5) is 89.7. The molecule has 0 bridgehead atoms. The molecule has 2 fully saturated rings. The van der Waals surface area contributed by atoms with Gasteiger partial charge in [0, 0.05) is 84.9 Å². The Morgan fingerprint density at radius 3 is 1.30 bits per heavy atom. The number of aromatic nitrogens is 8. The van der Waals surface area contributed by atoms with Gasteiger partial charge >= 0.3 is 11.4 Å². The summed E-state index contributed by atoms with van der Waals surface area (Å²) < 4.78 is 33.7. The van der Waals surface area contributed by atoms with Crippen LogP contribution in [0.1, 0.15) is 64.8 Å². The molecular formula is C60H60Cl4F2N14O4S2. The lowest BCUT2D eigenvalue weighted by molar-refractivity contribution is -0.127. The molecule has 2 aliphatic heterocycles. The van der Waals surface area contributed by atoms with Crippen molar-refractivity contribution < 1.29 is 18.4 Å². The highest BCUT2D eigenvalue weighted by Crippen LogP contribution is 2.43. The van der Waals surface area contributed by atoms with Gasteiger partial charge in [0.25, 0.3) is 0 Å². The molecule has 18 nitrogen and oxygen atoms in total. The van der Waals surface area contributed by atoms with Crippen LogP contribution in [0, 0.1) is 11.6 Å². The number of benzene rings is 2. The molecule has 0 spiro atoms. The van der Waals surface area contributed by atoms with Crippen LogP contribution >= 0.6 is 69.9 Å². The molecule has 6 aromatic heterocycles. The molecular weight excluding hydrogens is 1220 g/mol. The highest BCUT2D eigenvalue weighted by Gasteiger charge is 2.34. The largest absolute Gasteiger partial charge is 0.398 e. The fourth-order valence-electron chi connectivity index (χ4n) is 10.7.